The van der Waals surface area contributed by atoms with E-state index in [4.69, 9.17) is 9.26 Å². The Balaban J connectivity index is 0.00000148. The largest absolute Gasteiger partial charge is 0.496 e. The molecular formula is C25H38FN3O3. The number of benzene rings is 1. The highest BCUT2D eigenvalue weighted by Gasteiger charge is 2.20. The van der Waals surface area contributed by atoms with Crippen LogP contribution in [0.1, 0.15) is 69.6 Å². The van der Waals surface area contributed by atoms with E-state index in [2.05, 4.69) is 15.5 Å². The standard InChI is InChI=1S/C19H20FN3O3.3C2H6/c1-12-8-14(5-6-16(12)25-2)18-17(23-26-18)19(24)22-7-3-4-13-9-15(20)11-21-10-13;3*1-2/h5-6,8-11,23H,3-4,7H2,1-2H3,(H,22,24);3*1-2H3. The van der Waals surface area contributed by atoms with E-state index in [1.165, 1.54) is 12.3 Å². The highest BCUT2D eigenvalue weighted by atomic mass is 19.1. The SMILES string of the molecule is CC.CC.CC.COc1ccc(-c2o[nH]c2C(=O)NCCCc2cncc(F)c2)cc1C. The Kier molecular flexibility index (Phi) is 15.0. The van der Waals surface area contributed by atoms with E-state index in [0.717, 1.165) is 22.4 Å². The van der Waals surface area contributed by atoms with Gasteiger partial charge in [0.05, 0.1) is 13.3 Å². The zero-order valence-electron chi connectivity index (χ0n) is 20.6. The summed E-state index contributed by atoms with van der Waals surface area (Å²) in [6, 6.07) is 7.02. The van der Waals surface area contributed by atoms with Gasteiger partial charge in [-0.3, -0.25) is 9.78 Å². The molecule has 0 aliphatic heterocycles. The lowest BCUT2D eigenvalue weighted by Gasteiger charge is -2.13. The number of aryl methyl sites for hydroxylation is 2. The Morgan fingerprint density at radius 3 is 2.34 bits per heavy atom. The van der Waals surface area contributed by atoms with Gasteiger partial charge in [0.1, 0.15) is 11.6 Å². The van der Waals surface area contributed by atoms with Crippen LogP contribution in [0.3, 0.4) is 0 Å². The maximum absolute atomic E-state index is 13.1. The van der Waals surface area contributed by atoms with Crippen molar-refractivity contribution in [3.8, 4) is 17.1 Å². The van der Waals surface area contributed by atoms with E-state index in [0.29, 0.717) is 30.8 Å². The van der Waals surface area contributed by atoms with Crippen molar-refractivity contribution >= 4 is 5.91 Å². The predicted molar refractivity (Wildman–Crippen MR) is 129 cm³/mol. The van der Waals surface area contributed by atoms with Gasteiger partial charge in [0.2, 0.25) is 0 Å². The van der Waals surface area contributed by atoms with Gasteiger partial charge in [-0.15, -0.1) is 0 Å². The van der Waals surface area contributed by atoms with Crippen molar-refractivity contribution in [1.82, 2.24) is 15.5 Å². The molecule has 0 aliphatic rings. The van der Waals surface area contributed by atoms with Crippen LogP contribution in [0.2, 0.25) is 0 Å². The minimum Gasteiger partial charge on any atom is -0.496 e. The summed E-state index contributed by atoms with van der Waals surface area (Å²) >= 11 is 0. The molecule has 3 rings (SSSR count). The predicted octanol–water partition coefficient (Wildman–Crippen LogP) is 6.57. The first-order valence-corrected chi connectivity index (χ1v) is 11.3. The number of halogens is 1. The normalized spacial score (nSPS) is 9.28. The second-order valence-corrected chi connectivity index (χ2v) is 5.96. The van der Waals surface area contributed by atoms with Crippen LogP contribution in [0.25, 0.3) is 11.3 Å². The first-order chi connectivity index (χ1) is 15.6. The first-order valence-electron chi connectivity index (χ1n) is 11.3. The maximum Gasteiger partial charge on any atom is 0.274 e. The van der Waals surface area contributed by atoms with E-state index in [-0.39, 0.29) is 11.7 Å². The lowest BCUT2D eigenvalue weighted by Crippen LogP contribution is -2.27. The molecular weight excluding hydrogens is 409 g/mol. The van der Waals surface area contributed by atoms with Gasteiger partial charge in [-0.1, -0.05) is 41.5 Å². The first kappa shape index (κ1) is 28.9. The number of H-pyrrole nitrogens is 1. The number of methoxy groups -OCH3 is 1. The average Bonchev–Trinajstić information content (AvgIpc) is 2.80. The number of carbonyl (C=O) groups excluding carboxylic acids is 1. The number of rotatable bonds is 7. The molecule has 2 aromatic heterocycles. The maximum atomic E-state index is 13.1. The van der Waals surface area contributed by atoms with E-state index in [1.54, 1.807) is 13.3 Å². The van der Waals surface area contributed by atoms with E-state index < -0.39 is 0 Å². The van der Waals surface area contributed by atoms with Crippen molar-refractivity contribution in [3.63, 3.8) is 0 Å². The third kappa shape index (κ3) is 8.57. The number of aromatic nitrogens is 2. The molecule has 32 heavy (non-hydrogen) atoms. The Bertz CT molecular complexity index is 903. The van der Waals surface area contributed by atoms with Crippen LogP contribution < -0.4 is 10.1 Å². The summed E-state index contributed by atoms with van der Waals surface area (Å²) in [7, 11) is 1.61. The number of aromatic amines is 1. The molecule has 0 atom stereocenters. The fraction of sp³-hybridized carbons (Fsp3) is 0.440. The Hall–Kier alpha value is -3.09. The van der Waals surface area contributed by atoms with Crippen LogP contribution in [0, 0.1) is 12.7 Å². The van der Waals surface area contributed by atoms with Crippen molar-refractivity contribution in [1.29, 1.82) is 0 Å². The van der Waals surface area contributed by atoms with Gasteiger partial charge in [-0.05, 0) is 55.2 Å². The fourth-order valence-corrected chi connectivity index (χ4v) is 2.70. The van der Waals surface area contributed by atoms with Crippen LogP contribution in [0.5, 0.6) is 5.75 Å². The van der Waals surface area contributed by atoms with Crippen LogP contribution >= 0.6 is 0 Å². The number of pyridine rings is 1. The Morgan fingerprint density at radius 1 is 1.12 bits per heavy atom. The number of nitrogens with zero attached hydrogens (tertiary/aromatic N) is 1. The summed E-state index contributed by atoms with van der Waals surface area (Å²) in [4.78, 5) is 16.1. The summed E-state index contributed by atoms with van der Waals surface area (Å²) in [6.07, 6.45) is 4.11. The quantitative estimate of drug-likeness (QED) is 0.402. The molecule has 0 spiro atoms. The molecule has 0 saturated carbocycles. The van der Waals surface area contributed by atoms with Gasteiger partial charge >= 0.3 is 0 Å². The van der Waals surface area contributed by atoms with Gasteiger partial charge in [0, 0.05) is 18.3 Å². The Morgan fingerprint density at radius 2 is 1.81 bits per heavy atom. The molecule has 0 aliphatic carbocycles. The zero-order chi connectivity index (χ0) is 24.5. The van der Waals surface area contributed by atoms with E-state index >= 15 is 0 Å². The zero-order valence-corrected chi connectivity index (χ0v) is 20.6. The van der Waals surface area contributed by atoms with Crippen LogP contribution in [-0.2, 0) is 6.42 Å². The highest BCUT2D eigenvalue weighted by Crippen LogP contribution is 2.29. The summed E-state index contributed by atoms with van der Waals surface area (Å²) in [5.41, 5.74) is 2.95. The van der Waals surface area contributed by atoms with Gasteiger partial charge < -0.3 is 14.6 Å². The average molecular weight is 448 g/mol. The van der Waals surface area contributed by atoms with E-state index in [9.17, 15) is 9.18 Å². The minimum atomic E-state index is -0.355. The highest BCUT2D eigenvalue weighted by molar-refractivity contribution is 5.98. The molecule has 0 unspecified atom stereocenters. The number of nitrogens with one attached hydrogen (secondary N) is 2. The molecule has 7 heteroatoms. The molecule has 3 aromatic rings. The smallest absolute Gasteiger partial charge is 0.274 e. The second-order valence-electron chi connectivity index (χ2n) is 5.96. The molecule has 178 valence electrons. The minimum absolute atomic E-state index is 0.239. The van der Waals surface area contributed by atoms with Crippen molar-refractivity contribution in [3.05, 3.63) is 59.3 Å². The van der Waals surface area contributed by atoms with Gasteiger partial charge in [-0.2, -0.15) is 0 Å². The van der Waals surface area contributed by atoms with Gasteiger partial charge in [0.25, 0.3) is 5.91 Å². The summed E-state index contributed by atoms with van der Waals surface area (Å²) < 4.78 is 23.6. The molecule has 6 nitrogen and oxygen atoms in total. The third-order valence-electron chi connectivity index (χ3n) is 4.06. The summed E-state index contributed by atoms with van der Waals surface area (Å²) in [5, 5.41) is 5.41. The van der Waals surface area contributed by atoms with Crippen molar-refractivity contribution in [2.24, 2.45) is 0 Å². The molecule has 2 N–H and O–H groups in total. The number of hydrogen-bond acceptors (Lipinski definition) is 4. The van der Waals surface area contributed by atoms with Gasteiger partial charge in [-0.25, -0.2) is 9.55 Å². The molecule has 0 fully saturated rings. The molecule has 0 bridgehead atoms. The number of amides is 1. The third-order valence-corrected chi connectivity index (χ3v) is 4.06. The fourth-order valence-electron chi connectivity index (χ4n) is 2.70. The monoisotopic (exact) mass is 447 g/mol. The lowest BCUT2D eigenvalue weighted by molar-refractivity contribution is 0.0928. The summed E-state index contributed by atoms with van der Waals surface area (Å²) in [6.45, 7) is 14.4. The van der Waals surface area contributed by atoms with Crippen LogP contribution in [0.4, 0.5) is 4.39 Å². The molecule has 0 saturated heterocycles. The topological polar surface area (TPSA) is 80.1 Å². The number of carbonyl (C=O) groups is 1. The molecule has 2 heterocycles. The van der Waals surface area contributed by atoms with E-state index in [1.807, 2.05) is 66.7 Å². The summed E-state index contributed by atoms with van der Waals surface area (Å²) in [5.74, 6) is 0.686. The molecule has 1 aromatic carbocycles. The Labute approximate surface area is 191 Å². The number of ether oxygens (including phenoxy) is 1. The molecule has 0 radical (unpaired) electrons. The van der Waals surface area contributed by atoms with Crippen molar-refractivity contribution in [2.75, 3.05) is 13.7 Å². The van der Waals surface area contributed by atoms with Gasteiger partial charge in [0.15, 0.2) is 11.5 Å². The lowest BCUT2D eigenvalue weighted by atomic mass is 10.1. The van der Waals surface area contributed by atoms with Crippen molar-refractivity contribution in [2.45, 2.75) is 61.3 Å². The second kappa shape index (κ2) is 16.6. The molecule has 1 amide bonds. The van der Waals surface area contributed by atoms with Crippen LogP contribution in [-0.4, -0.2) is 29.7 Å². The number of hydrogen-bond donors (Lipinski definition) is 2. The van der Waals surface area contributed by atoms with Crippen LogP contribution in [0.15, 0.2) is 41.2 Å². The van der Waals surface area contributed by atoms with Crippen molar-refractivity contribution < 1.29 is 18.4 Å².